The topological polar surface area (TPSA) is 35.2 Å². The third kappa shape index (κ3) is 2.53. The van der Waals surface area contributed by atoms with E-state index < -0.39 is 0 Å². The van der Waals surface area contributed by atoms with Gasteiger partial charge in [-0.25, -0.2) is 0 Å². The molecule has 82 valence electrons. The summed E-state index contributed by atoms with van der Waals surface area (Å²) in [6.45, 7) is 0.775. The average molecular weight is 291 g/mol. The molecule has 0 amide bonds. The van der Waals surface area contributed by atoms with Crippen molar-refractivity contribution in [2.24, 2.45) is 5.73 Å². The van der Waals surface area contributed by atoms with Gasteiger partial charge in [-0.15, -0.1) is 0 Å². The van der Waals surface area contributed by atoms with Crippen molar-refractivity contribution < 1.29 is 4.74 Å². The molecule has 1 fully saturated rings. The number of hydrogen-bond acceptors (Lipinski definition) is 2. The minimum absolute atomic E-state index is 0.0353. The molecular formula is C11H13BrClNO. The molecule has 1 heterocycles. The second-order valence-electron chi connectivity index (χ2n) is 3.76. The predicted molar refractivity (Wildman–Crippen MR) is 65.1 cm³/mol. The van der Waals surface area contributed by atoms with Crippen LogP contribution >= 0.6 is 27.5 Å². The molecule has 2 unspecified atom stereocenters. The first-order chi connectivity index (χ1) is 7.18. The molecule has 1 aliphatic rings. The second-order valence-corrected chi connectivity index (χ2v) is 5.05. The largest absolute Gasteiger partial charge is 0.372 e. The first kappa shape index (κ1) is 11.4. The molecule has 0 bridgehead atoms. The number of ether oxygens (including phenoxy) is 1. The predicted octanol–water partition coefficient (Wildman–Crippen LogP) is 3.28. The highest BCUT2D eigenvalue weighted by molar-refractivity contribution is 9.10. The Hall–Kier alpha value is -0.0900. The van der Waals surface area contributed by atoms with Crippen LogP contribution in [0.3, 0.4) is 0 Å². The van der Waals surface area contributed by atoms with Crippen LogP contribution in [-0.2, 0) is 4.74 Å². The molecule has 1 saturated heterocycles. The van der Waals surface area contributed by atoms with Crippen molar-refractivity contribution in [3.63, 3.8) is 0 Å². The van der Waals surface area contributed by atoms with Gasteiger partial charge in [0.05, 0.1) is 6.10 Å². The second kappa shape index (κ2) is 4.83. The van der Waals surface area contributed by atoms with Crippen LogP contribution in [0, 0.1) is 0 Å². The molecule has 2 N–H and O–H groups in total. The van der Waals surface area contributed by atoms with Gasteiger partial charge in [0, 0.05) is 22.1 Å². The lowest BCUT2D eigenvalue weighted by molar-refractivity contribution is -0.000271. The zero-order valence-corrected chi connectivity index (χ0v) is 10.6. The van der Waals surface area contributed by atoms with Gasteiger partial charge in [-0.05, 0) is 36.6 Å². The highest BCUT2D eigenvalue weighted by Crippen LogP contribution is 2.33. The molecule has 0 aromatic heterocycles. The van der Waals surface area contributed by atoms with Crippen LogP contribution in [-0.4, -0.2) is 12.6 Å². The van der Waals surface area contributed by atoms with Crippen LogP contribution in [0.25, 0.3) is 0 Å². The lowest BCUT2D eigenvalue weighted by Gasteiger charge is -2.30. The number of nitrogens with two attached hydrogens (primary N) is 1. The molecule has 15 heavy (non-hydrogen) atoms. The first-order valence-corrected chi connectivity index (χ1v) is 6.17. The van der Waals surface area contributed by atoms with E-state index in [1.807, 2.05) is 18.2 Å². The average Bonchev–Trinajstić information content (AvgIpc) is 2.23. The van der Waals surface area contributed by atoms with Gasteiger partial charge in [0.25, 0.3) is 0 Å². The van der Waals surface area contributed by atoms with E-state index >= 15 is 0 Å². The molecular weight excluding hydrogens is 277 g/mol. The first-order valence-electron chi connectivity index (χ1n) is 5.00. The smallest absolute Gasteiger partial charge is 0.0987 e. The Morgan fingerprint density at radius 2 is 2.27 bits per heavy atom. The molecule has 0 aliphatic carbocycles. The van der Waals surface area contributed by atoms with E-state index in [2.05, 4.69) is 15.9 Å². The molecule has 0 spiro atoms. The molecule has 2 nitrogen and oxygen atoms in total. The number of hydrogen-bond donors (Lipinski definition) is 1. The maximum Gasteiger partial charge on any atom is 0.0987 e. The van der Waals surface area contributed by atoms with Crippen LogP contribution < -0.4 is 5.73 Å². The fourth-order valence-electron chi connectivity index (χ4n) is 1.86. The van der Waals surface area contributed by atoms with Crippen LogP contribution in [0.4, 0.5) is 0 Å². The molecule has 0 saturated carbocycles. The van der Waals surface area contributed by atoms with Gasteiger partial charge < -0.3 is 10.5 Å². The van der Waals surface area contributed by atoms with E-state index in [1.54, 1.807) is 0 Å². The standard InChI is InChI=1S/C11H13BrClNO/c12-9-4-3-7(13)6-8(9)11-10(14)2-1-5-15-11/h3-4,6,10-11H,1-2,5,14H2. The van der Waals surface area contributed by atoms with Crippen molar-refractivity contribution in [3.05, 3.63) is 33.3 Å². The van der Waals surface area contributed by atoms with Crippen molar-refractivity contribution in [2.75, 3.05) is 6.61 Å². The third-order valence-corrected chi connectivity index (χ3v) is 3.59. The van der Waals surface area contributed by atoms with Gasteiger partial charge in [-0.1, -0.05) is 27.5 Å². The van der Waals surface area contributed by atoms with Gasteiger partial charge in [0.2, 0.25) is 0 Å². The Bertz CT molecular complexity index is 358. The van der Waals surface area contributed by atoms with Gasteiger partial charge in [-0.2, -0.15) is 0 Å². The molecule has 4 heteroatoms. The van der Waals surface area contributed by atoms with E-state index in [-0.39, 0.29) is 12.1 Å². The van der Waals surface area contributed by atoms with Crippen molar-refractivity contribution in [1.82, 2.24) is 0 Å². The fraction of sp³-hybridized carbons (Fsp3) is 0.455. The van der Waals surface area contributed by atoms with E-state index in [0.29, 0.717) is 0 Å². The number of halogens is 2. The lowest BCUT2D eigenvalue weighted by atomic mass is 9.97. The molecule has 2 atom stereocenters. The normalized spacial score (nSPS) is 26.6. The lowest BCUT2D eigenvalue weighted by Crippen LogP contribution is -2.34. The van der Waals surface area contributed by atoms with Crippen LogP contribution in [0.5, 0.6) is 0 Å². The summed E-state index contributed by atoms with van der Waals surface area (Å²) in [6, 6.07) is 5.77. The van der Waals surface area contributed by atoms with Crippen molar-refractivity contribution >= 4 is 27.5 Å². The Labute approximate surface area is 103 Å². The summed E-state index contributed by atoms with van der Waals surface area (Å²) in [7, 11) is 0. The van der Waals surface area contributed by atoms with Gasteiger partial charge in [0.1, 0.15) is 0 Å². The number of rotatable bonds is 1. The Morgan fingerprint density at radius 3 is 3.00 bits per heavy atom. The van der Waals surface area contributed by atoms with Gasteiger partial charge in [0.15, 0.2) is 0 Å². The summed E-state index contributed by atoms with van der Waals surface area (Å²) in [6.07, 6.45) is 2.01. The Kier molecular flexibility index (Phi) is 3.67. The Balaban J connectivity index is 2.30. The van der Waals surface area contributed by atoms with E-state index in [0.717, 1.165) is 34.5 Å². The summed E-state index contributed by atoms with van der Waals surface area (Å²) in [5, 5.41) is 0.717. The number of benzene rings is 1. The van der Waals surface area contributed by atoms with E-state index in [9.17, 15) is 0 Å². The summed E-state index contributed by atoms with van der Waals surface area (Å²) < 4.78 is 6.71. The summed E-state index contributed by atoms with van der Waals surface area (Å²) >= 11 is 9.47. The van der Waals surface area contributed by atoms with Crippen molar-refractivity contribution in [3.8, 4) is 0 Å². The maximum absolute atomic E-state index is 6.04. The van der Waals surface area contributed by atoms with Gasteiger partial charge >= 0.3 is 0 Å². The van der Waals surface area contributed by atoms with Crippen LogP contribution in [0.1, 0.15) is 24.5 Å². The molecule has 1 aromatic rings. The van der Waals surface area contributed by atoms with Crippen molar-refractivity contribution in [1.29, 1.82) is 0 Å². The summed E-state index contributed by atoms with van der Waals surface area (Å²) in [5.41, 5.74) is 7.09. The molecule has 2 rings (SSSR count). The monoisotopic (exact) mass is 289 g/mol. The van der Waals surface area contributed by atoms with E-state index in [1.165, 1.54) is 0 Å². The minimum Gasteiger partial charge on any atom is -0.372 e. The van der Waals surface area contributed by atoms with Gasteiger partial charge in [-0.3, -0.25) is 0 Å². The van der Waals surface area contributed by atoms with Crippen LogP contribution in [0.15, 0.2) is 22.7 Å². The summed E-state index contributed by atoms with van der Waals surface area (Å²) in [4.78, 5) is 0. The SMILES string of the molecule is NC1CCCOC1c1cc(Cl)ccc1Br. The minimum atomic E-state index is -0.0353. The van der Waals surface area contributed by atoms with Crippen LogP contribution in [0.2, 0.25) is 5.02 Å². The highest BCUT2D eigenvalue weighted by Gasteiger charge is 2.25. The molecule has 1 aromatic carbocycles. The van der Waals surface area contributed by atoms with Crippen molar-refractivity contribution in [2.45, 2.75) is 25.0 Å². The Morgan fingerprint density at radius 1 is 1.47 bits per heavy atom. The zero-order chi connectivity index (χ0) is 10.8. The third-order valence-electron chi connectivity index (χ3n) is 2.63. The van der Waals surface area contributed by atoms with E-state index in [4.69, 9.17) is 22.1 Å². The summed E-state index contributed by atoms with van der Waals surface area (Å²) in [5.74, 6) is 0. The highest BCUT2D eigenvalue weighted by atomic mass is 79.9. The maximum atomic E-state index is 6.04. The quantitative estimate of drug-likeness (QED) is 0.861. The molecule has 1 aliphatic heterocycles. The molecule has 0 radical (unpaired) electrons. The zero-order valence-electron chi connectivity index (χ0n) is 8.25. The fourth-order valence-corrected chi connectivity index (χ4v) is 2.51.